The van der Waals surface area contributed by atoms with Gasteiger partial charge in [-0.05, 0) is 42.5 Å². The van der Waals surface area contributed by atoms with Gasteiger partial charge in [-0.1, -0.05) is 23.2 Å². The molecule has 0 atom stereocenters. The van der Waals surface area contributed by atoms with E-state index in [2.05, 4.69) is 31.1 Å². The van der Waals surface area contributed by atoms with Crippen molar-refractivity contribution in [3.8, 4) is 5.75 Å². The van der Waals surface area contributed by atoms with Crippen molar-refractivity contribution in [2.75, 3.05) is 30.3 Å². The second kappa shape index (κ2) is 10.4. The van der Waals surface area contributed by atoms with Crippen LogP contribution in [0, 0.1) is 0 Å². The minimum Gasteiger partial charge on any atom is -0.482 e. The zero-order chi connectivity index (χ0) is 20.5. The molecule has 29 heavy (non-hydrogen) atoms. The van der Waals surface area contributed by atoms with Gasteiger partial charge >= 0.3 is 0 Å². The number of nitrogens with one attached hydrogen (secondary N) is 3. The summed E-state index contributed by atoms with van der Waals surface area (Å²) in [5.74, 6) is 1.36. The Labute approximate surface area is 177 Å². The summed E-state index contributed by atoms with van der Waals surface area (Å²) >= 11 is 11.8. The molecule has 0 saturated carbocycles. The van der Waals surface area contributed by atoms with E-state index in [1.165, 1.54) is 0 Å². The molecule has 2 aromatic heterocycles. The molecule has 0 radical (unpaired) electrons. The predicted octanol–water partition coefficient (Wildman–Crippen LogP) is 3.53. The quantitative estimate of drug-likeness (QED) is 0.444. The van der Waals surface area contributed by atoms with Crippen molar-refractivity contribution in [2.45, 2.75) is 0 Å². The number of benzene rings is 1. The zero-order valence-electron chi connectivity index (χ0n) is 15.2. The van der Waals surface area contributed by atoms with Crippen LogP contribution in [0.2, 0.25) is 10.0 Å². The third-order valence-electron chi connectivity index (χ3n) is 3.62. The molecular formula is C19H18Cl2N6O2. The monoisotopic (exact) mass is 432 g/mol. The number of rotatable bonds is 9. The molecule has 0 bridgehead atoms. The van der Waals surface area contributed by atoms with Gasteiger partial charge in [-0.2, -0.15) is 0 Å². The third-order valence-corrected chi connectivity index (χ3v) is 4.15. The normalized spacial score (nSPS) is 10.3. The summed E-state index contributed by atoms with van der Waals surface area (Å²) in [5.41, 5.74) is 0.875. The second-order valence-corrected chi connectivity index (χ2v) is 6.65. The number of halogens is 2. The number of aromatic nitrogens is 3. The number of ether oxygens (including phenoxy) is 1. The van der Waals surface area contributed by atoms with Gasteiger partial charge in [0.15, 0.2) is 12.4 Å². The molecule has 0 fully saturated rings. The third kappa shape index (κ3) is 6.78. The fraction of sp³-hybridized carbons (Fsp3) is 0.158. The summed E-state index contributed by atoms with van der Waals surface area (Å²) in [5, 5.41) is 18.0. The van der Waals surface area contributed by atoms with Gasteiger partial charge in [0, 0.05) is 36.2 Å². The lowest BCUT2D eigenvalue weighted by atomic mass is 10.3. The highest BCUT2D eigenvalue weighted by atomic mass is 35.5. The first-order valence-corrected chi connectivity index (χ1v) is 9.45. The average Bonchev–Trinajstić information content (AvgIpc) is 2.72. The van der Waals surface area contributed by atoms with Crippen molar-refractivity contribution in [3.63, 3.8) is 0 Å². The standard InChI is InChI=1S/C19H18Cl2N6O2/c20-13-1-2-16(15(21)11-13)29-12-19(28)24-10-9-23-17-3-4-18(27-26-17)25-14-5-7-22-8-6-14/h1-8,11H,9-10,12H2,(H,23,26)(H,24,28)(H,22,25,27). The predicted molar refractivity (Wildman–Crippen MR) is 113 cm³/mol. The van der Waals surface area contributed by atoms with E-state index in [0.717, 1.165) is 5.69 Å². The van der Waals surface area contributed by atoms with Crippen LogP contribution in [0.15, 0.2) is 54.9 Å². The number of carbonyl (C=O) groups excluding carboxylic acids is 1. The number of hydrogen-bond acceptors (Lipinski definition) is 7. The lowest BCUT2D eigenvalue weighted by molar-refractivity contribution is -0.123. The van der Waals surface area contributed by atoms with E-state index in [1.807, 2.05) is 12.1 Å². The Bertz CT molecular complexity index is 941. The minimum atomic E-state index is -0.263. The van der Waals surface area contributed by atoms with E-state index in [1.54, 1.807) is 42.7 Å². The fourth-order valence-electron chi connectivity index (χ4n) is 2.26. The molecular weight excluding hydrogens is 415 g/mol. The van der Waals surface area contributed by atoms with Crippen LogP contribution in [0.1, 0.15) is 0 Å². The second-order valence-electron chi connectivity index (χ2n) is 5.80. The molecule has 0 saturated heterocycles. The molecule has 0 aliphatic carbocycles. The molecule has 0 aliphatic rings. The lowest BCUT2D eigenvalue weighted by Crippen LogP contribution is -2.32. The maximum Gasteiger partial charge on any atom is 0.258 e. The fourth-order valence-corrected chi connectivity index (χ4v) is 2.72. The van der Waals surface area contributed by atoms with Crippen molar-refractivity contribution in [2.24, 2.45) is 0 Å². The van der Waals surface area contributed by atoms with Gasteiger partial charge in [0.05, 0.1) is 5.02 Å². The highest BCUT2D eigenvalue weighted by Crippen LogP contribution is 2.27. The molecule has 0 spiro atoms. The Balaban J connectivity index is 1.35. The molecule has 1 amide bonds. The van der Waals surface area contributed by atoms with E-state index in [4.69, 9.17) is 27.9 Å². The Morgan fingerprint density at radius 1 is 0.966 bits per heavy atom. The van der Waals surface area contributed by atoms with E-state index >= 15 is 0 Å². The summed E-state index contributed by atoms with van der Waals surface area (Å²) in [6.45, 7) is 0.741. The topological polar surface area (TPSA) is 101 Å². The van der Waals surface area contributed by atoms with Crippen molar-refractivity contribution in [1.82, 2.24) is 20.5 Å². The average molecular weight is 433 g/mol. The van der Waals surface area contributed by atoms with Crippen LogP contribution in [0.4, 0.5) is 17.3 Å². The largest absolute Gasteiger partial charge is 0.482 e. The zero-order valence-corrected chi connectivity index (χ0v) is 16.7. The Morgan fingerprint density at radius 3 is 2.45 bits per heavy atom. The summed E-state index contributed by atoms with van der Waals surface area (Å²) in [6, 6.07) is 12.1. The molecule has 150 valence electrons. The first-order valence-electron chi connectivity index (χ1n) is 8.69. The summed E-state index contributed by atoms with van der Waals surface area (Å²) < 4.78 is 5.37. The summed E-state index contributed by atoms with van der Waals surface area (Å²) in [7, 11) is 0. The molecule has 2 heterocycles. The Kier molecular flexibility index (Phi) is 7.43. The van der Waals surface area contributed by atoms with Gasteiger partial charge in [0.2, 0.25) is 0 Å². The van der Waals surface area contributed by atoms with Gasteiger partial charge in [-0.15, -0.1) is 10.2 Å². The number of carbonyl (C=O) groups is 1. The molecule has 3 rings (SSSR count). The number of nitrogens with zero attached hydrogens (tertiary/aromatic N) is 3. The van der Waals surface area contributed by atoms with Crippen molar-refractivity contribution >= 4 is 46.4 Å². The van der Waals surface area contributed by atoms with E-state index in [-0.39, 0.29) is 12.5 Å². The maximum absolute atomic E-state index is 11.9. The molecule has 10 heteroatoms. The number of pyridine rings is 1. The van der Waals surface area contributed by atoms with E-state index < -0.39 is 0 Å². The molecule has 0 aliphatic heterocycles. The maximum atomic E-state index is 11.9. The number of hydrogen-bond donors (Lipinski definition) is 3. The Morgan fingerprint density at radius 2 is 1.72 bits per heavy atom. The first-order chi connectivity index (χ1) is 14.1. The van der Waals surface area contributed by atoms with E-state index in [0.29, 0.717) is 40.5 Å². The van der Waals surface area contributed by atoms with Gasteiger partial charge in [0.1, 0.15) is 11.6 Å². The molecule has 1 aromatic carbocycles. The molecule has 3 aromatic rings. The van der Waals surface area contributed by atoms with E-state index in [9.17, 15) is 4.79 Å². The van der Waals surface area contributed by atoms with Crippen molar-refractivity contribution < 1.29 is 9.53 Å². The lowest BCUT2D eigenvalue weighted by Gasteiger charge is -2.10. The van der Waals surface area contributed by atoms with Gasteiger partial charge in [-0.25, -0.2) is 0 Å². The van der Waals surface area contributed by atoms with Gasteiger partial charge in [0.25, 0.3) is 5.91 Å². The first kappa shape index (κ1) is 20.6. The summed E-state index contributed by atoms with van der Waals surface area (Å²) in [6.07, 6.45) is 3.38. The highest BCUT2D eigenvalue weighted by Gasteiger charge is 2.06. The molecule has 8 nitrogen and oxygen atoms in total. The van der Waals surface area contributed by atoms with Gasteiger partial charge in [-0.3, -0.25) is 9.78 Å². The van der Waals surface area contributed by atoms with Crippen LogP contribution in [-0.4, -0.2) is 40.8 Å². The van der Waals surface area contributed by atoms with Gasteiger partial charge < -0.3 is 20.7 Å². The number of amides is 1. The van der Waals surface area contributed by atoms with Crippen molar-refractivity contribution in [3.05, 3.63) is 64.9 Å². The molecule has 3 N–H and O–H groups in total. The smallest absolute Gasteiger partial charge is 0.258 e. The Hall–Kier alpha value is -3.10. The highest BCUT2D eigenvalue weighted by molar-refractivity contribution is 6.35. The summed E-state index contributed by atoms with van der Waals surface area (Å²) in [4.78, 5) is 15.8. The van der Waals surface area contributed by atoms with Crippen LogP contribution in [0.5, 0.6) is 5.75 Å². The van der Waals surface area contributed by atoms with Crippen LogP contribution in [-0.2, 0) is 4.79 Å². The molecule has 0 unspecified atom stereocenters. The minimum absolute atomic E-state index is 0.142. The van der Waals surface area contributed by atoms with Crippen LogP contribution in [0.3, 0.4) is 0 Å². The van der Waals surface area contributed by atoms with Crippen LogP contribution < -0.4 is 20.7 Å². The van der Waals surface area contributed by atoms with Crippen molar-refractivity contribution in [1.29, 1.82) is 0 Å². The van der Waals surface area contributed by atoms with Crippen LogP contribution >= 0.6 is 23.2 Å². The van der Waals surface area contributed by atoms with Crippen LogP contribution in [0.25, 0.3) is 0 Å². The number of anilines is 3. The SMILES string of the molecule is O=C(COc1ccc(Cl)cc1Cl)NCCNc1ccc(Nc2ccncc2)nn1.